The lowest BCUT2D eigenvalue weighted by atomic mass is 9.55. The van der Waals surface area contributed by atoms with Crippen LogP contribution in [-0.4, -0.2) is 78.5 Å². The Labute approximate surface area is 314 Å². The van der Waals surface area contributed by atoms with Crippen LogP contribution in [0.4, 0.5) is 0 Å². The van der Waals surface area contributed by atoms with Gasteiger partial charge in [-0.1, -0.05) is 40.5 Å². The van der Waals surface area contributed by atoms with Crippen molar-refractivity contribution in [1.29, 1.82) is 0 Å². The summed E-state index contributed by atoms with van der Waals surface area (Å²) in [7, 11) is -3.31. The van der Waals surface area contributed by atoms with Gasteiger partial charge in [-0.3, -0.25) is 0 Å². The molecule has 10 rings (SSSR count). The average molecular weight is 751 g/mol. The highest BCUT2D eigenvalue weighted by atomic mass is 32.2. The molecule has 10 heteroatoms. The second-order valence-electron chi connectivity index (χ2n) is 20.1. The lowest BCUT2D eigenvalue weighted by Crippen LogP contribution is -2.69. The SMILES string of the molecule is C[C@H]1[C@@H](CC(C[C@H]2O[C@@H]3C[C@]4(C)CC[C@H]5[C@H](C)CC[C@@H]([C@H]2C)[C@@]35OO4)CS(=O)(=O)CCCCCCO)O[C@@H]2C[C@]3(C)CC[C@H]4[C@H](C)CC[C@@H]1[C@@]24OO3. The summed E-state index contributed by atoms with van der Waals surface area (Å²) in [4.78, 5) is 25.7. The molecule has 16 atom stereocenters. The average Bonchev–Trinajstić information content (AvgIpc) is 3.47. The zero-order valence-electron chi connectivity index (χ0n) is 33.1. The topological polar surface area (TPSA) is 110 Å². The van der Waals surface area contributed by atoms with Gasteiger partial charge in [0.05, 0.1) is 35.9 Å². The molecule has 4 aliphatic carbocycles. The number of ether oxygens (including phenoxy) is 2. The number of unbranched alkanes of at least 4 members (excludes halogenated alkanes) is 3. The molecule has 0 radical (unpaired) electrons. The molecule has 1 N–H and O–H groups in total. The van der Waals surface area contributed by atoms with Crippen LogP contribution in [0.5, 0.6) is 0 Å². The highest BCUT2D eigenvalue weighted by Gasteiger charge is 2.70. The third kappa shape index (κ3) is 6.49. The molecule has 298 valence electrons. The van der Waals surface area contributed by atoms with E-state index in [1.165, 1.54) is 12.8 Å². The van der Waals surface area contributed by atoms with Crippen molar-refractivity contribution < 1.29 is 42.5 Å². The van der Waals surface area contributed by atoms with Crippen molar-refractivity contribution in [1.82, 2.24) is 0 Å². The minimum atomic E-state index is -3.31. The van der Waals surface area contributed by atoms with Crippen LogP contribution in [0, 0.1) is 53.3 Å². The minimum Gasteiger partial charge on any atom is -0.396 e. The molecule has 4 saturated carbocycles. The Morgan fingerprint density at radius 3 is 1.60 bits per heavy atom. The molecule has 10 aliphatic rings. The molecule has 6 heterocycles. The van der Waals surface area contributed by atoms with Crippen molar-refractivity contribution in [2.45, 2.75) is 191 Å². The van der Waals surface area contributed by atoms with Crippen LogP contribution in [0.3, 0.4) is 0 Å². The summed E-state index contributed by atoms with van der Waals surface area (Å²) in [6.07, 6.45) is 14.8. The number of rotatable bonds is 12. The predicted molar refractivity (Wildman–Crippen MR) is 198 cm³/mol. The molecule has 9 nitrogen and oxygen atoms in total. The maximum Gasteiger partial charge on any atom is 0.150 e. The Kier molecular flexibility index (Phi) is 10.6. The van der Waals surface area contributed by atoms with Gasteiger partial charge in [-0.25, -0.2) is 28.0 Å². The fourth-order valence-corrected chi connectivity index (χ4v) is 15.5. The number of hydrogen-bond donors (Lipinski definition) is 1. The summed E-state index contributed by atoms with van der Waals surface area (Å²) in [5, 5.41) is 9.23. The van der Waals surface area contributed by atoms with Crippen LogP contribution >= 0.6 is 0 Å². The fraction of sp³-hybridized carbons (Fsp3) is 1.00. The van der Waals surface area contributed by atoms with Gasteiger partial charge in [0.2, 0.25) is 0 Å². The first-order valence-electron chi connectivity index (χ1n) is 21.6. The third-order valence-corrected chi connectivity index (χ3v) is 18.5. The van der Waals surface area contributed by atoms with E-state index in [0.717, 1.165) is 83.5 Å². The molecule has 6 aliphatic heterocycles. The Hall–Kier alpha value is -0.330. The van der Waals surface area contributed by atoms with Crippen LogP contribution in [-0.2, 0) is 38.9 Å². The van der Waals surface area contributed by atoms with Gasteiger partial charge in [0.15, 0.2) is 9.84 Å². The Morgan fingerprint density at radius 2 is 1.12 bits per heavy atom. The van der Waals surface area contributed by atoms with Gasteiger partial charge >= 0.3 is 0 Å². The predicted octanol–water partition coefficient (Wildman–Crippen LogP) is 7.77. The molecule has 0 aromatic heterocycles. The highest BCUT2D eigenvalue weighted by molar-refractivity contribution is 7.91. The van der Waals surface area contributed by atoms with Crippen molar-refractivity contribution in [2.75, 3.05) is 18.1 Å². The van der Waals surface area contributed by atoms with Crippen molar-refractivity contribution in [3.8, 4) is 0 Å². The summed E-state index contributed by atoms with van der Waals surface area (Å²) >= 11 is 0. The standard InChI is InChI=1S/C42H70O9S/c1-26-11-13-33-28(3)35(46-37-23-39(5)17-15-31(26)41(33,37)50-48-39)21-30(25-52(44,45)20-10-8-7-9-19-43)22-36-29(4)34-14-12-27(2)32-16-18-40(6)24-38(47-36)42(32,34)51-49-40/h26-38,43H,7-25H2,1-6H3/t26-,27-,28-,29-,31+,32+,33+,34+,35-,36-,37-,38-,39+,40+,41-,42-/m1/s1. The van der Waals surface area contributed by atoms with E-state index >= 15 is 0 Å². The lowest BCUT2D eigenvalue weighted by molar-refractivity contribution is -0.488. The lowest BCUT2D eigenvalue weighted by Gasteiger charge is -2.62. The van der Waals surface area contributed by atoms with Crippen LogP contribution < -0.4 is 0 Å². The smallest absolute Gasteiger partial charge is 0.150 e. The number of aliphatic hydroxyl groups is 1. The van der Waals surface area contributed by atoms with Crippen molar-refractivity contribution in [3.05, 3.63) is 0 Å². The number of sulfone groups is 1. The molecule has 0 unspecified atom stereocenters. The monoisotopic (exact) mass is 750 g/mol. The normalized spacial score (nSPS) is 51.6. The summed E-state index contributed by atoms with van der Waals surface area (Å²) in [6.45, 7) is 14.0. The maximum atomic E-state index is 14.0. The van der Waals surface area contributed by atoms with Crippen molar-refractivity contribution >= 4 is 9.84 Å². The first-order chi connectivity index (χ1) is 24.7. The summed E-state index contributed by atoms with van der Waals surface area (Å²) in [6, 6.07) is 0. The zero-order chi connectivity index (χ0) is 36.7. The molecule has 0 amide bonds. The van der Waals surface area contributed by atoms with Crippen molar-refractivity contribution in [3.63, 3.8) is 0 Å². The van der Waals surface area contributed by atoms with Gasteiger partial charge in [-0.15, -0.1) is 0 Å². The van der Waals surface area contributed by atoms with Gasteiger partial charge in [0, 0.05) is 19.4 Å². The molecule has 0 aromatic rings. The first-order valence-corrected chi connectivity index (χ1v) is 23.4. The number of fused-ring (bicyclic) bond motifs is 4. The van der Waals surface area contributed by atoms with Gasteiger partial charge in [0.1, 0.15) is 22.4 Å². The molecule has 2 spiro atoms. The van der Waals surface area contributed by atoms with Crippen LogP contribution in [0.15, 0.2) is 0 Å². The third-order valence-electron chi connectivity index (χ3n) is 16.6. The quantitative estimate of drug-likeness (QED) is 0.158. The summed E-state index contributed by atoms with van der Waals surface area (Å²) in [5.41, 5.74) is -1.53. The van der Waals surface area contributed by atoms with Gasteiger partial charge < -0.3 is 14.6 Å². The van der Waals surface area contributed by atoms with Gasteiger partial charge in [-0.05, 0) is 144 Å². The Morgan fingerprint density at radius 1 is 0.635 bits per heavy atom. The van der Waals surface area contributed by atoms with E-state index in [-0.39, 0.29) is 71.5 Å². The van der Waals surface area contributed by atoms with Gasteiger partial charge in [-0.2, -0.15) is 0 Å². The second kappa shape index (κ2) is 14.2. The van der Waals surface area contributed by atoms with E-state index in [4.69, 9.17) is 29.0 Å². The fourth-order valence-electron chi connectivity index (χ4n) is 13.7. The van der Waals surface area contributed by atoms with E-state index in [1.54, 1.807) is 0 Å². The molecule has 52 heavy (non-hydrogen) atoms. The summed E-state index contributed by atoms with van der Waals surface area (Å²) < 4.78 is 42.5. The van der Waals surface area contributed by atoms with Crippen molar-refractivity contribution in [2.24, 2.45) is 53.3 Å². The summed E-state index contributed by atoms with van der Waals surface area (Å²) in [5.74, 6) is 3.38. The van der Waals surface area contributed by atoms with E-state index in [9.17, 15) is 13.5 Å². The maximum absolute atomic E-state index is 14.0. The van der Waals surface area contributed by atoms with E-state index in [1.807, 2.05) is 0 Å². The van der Waals surface area contributed by atoms with E-state index in [0.29, 0.717) is 41.9 Å². The first kappa shape index (κ1) is 38.5. The van der Waals surface area contributed by atoms with Crippen LogP contribution in [0.25, 0.3) is 0 Å². The number of aliphatic hydroxyl groups excluding tert-OH is 1. The molecular weight excluding hydrogens is 681 g/mol. The molecular formula is C42H70O9S. The molecule has 4 bridgehead atoms. The molecule has 10 fully saturated rings. The highest BCUT2D eigenvalue weighted by Crippen LogP contribution is 2.64. The minimum absolute atomic E-state index is 0.0400. The Bertz CT molecular complexity index is 1310. The largest absolute Gasteiger partial charge is 0.396 e. The molecule has 0 aromatic carbocycles. The Balaban J connectivity index is 1.06. The molecule has 6 saturated heterocycles. The van der Waals surface area contributed by atoms with E-state index in [2.05, 4.69) is 41.5 Å². The van der Waals surface area contributed by atoms with E-state index < -0.39 is 21.0 Å². The van der Waals surface area contributed by atoms with Crippen LogP contribution in [0.1, 0.15) is 144 Å². The second-order valence-corrected chi connectivity index (χ2v) is 22.3. The zero-order valence-corrected chi connectivity index (χ0v) is 33.9. The number of hydrogen-bond acceptors (Lipinski definition) is 9. The van der Waals surface area contributed by atoms with Crippen LogP contribution in [0.2, 0.25) is 0 Å². The van der Waals surface area contributed by atoms with Gasteiger partial charge in [0.25, 0.3) is 0 Å².